The largest absolute Gasteiger partial charge is 0.368 e. The Balaban J connectivity index is 0.000000290. The topological polar surface area (TPSA) is 43.1 Å². The van der Waals surface area contributed by atoms with Gasteiger partial charge in [-0.05, 0) is 69.5 Å². The van der Waals surface area contributed by atoms with Crippen LogP contribution in [0.25, 0.3) is 10.9 Å². The zero-order valence-corrected chi connectivity index (χ0v) is 18.4. The van der Waals surface area contributed by atoms with E-state index in [1.165, 1.54) is 45.1 Å². The number of H-pyrrole nitrogens is 1. The molecule has 1 atom stereocenters. The van der Waals surface area contributed by atoms with Crippen molar-refractivity contribution >= 4 is 22.5 Å². The molecular weight excluding hydrogens is 380 g/mol. The number of likely N-dealkylation sites (tertiary alicyclic amines) is 1. The van der Waals surface area contributed by atoms with E-state index in [4.69, 9.17) is 11.6 Å². The maximum absolute atomic E-state index is 6.02. The third-order valence-electron chi connectivity index (χ3n) is 5.87. The molecule has 5 heteroatoms. The maximum Gasteiger partial charge on any atom is 0.0918 e. The molecule has 3 N–H and O–H groups in total. The molecular formula is C24H35ClN4. The van der Waals surface area contributed by atoms with E-state index in [0.717, 1.165) is 46.4 Å². The van der Waals surface area contributed by atoms with Gasteiger partial charge in [0.15, 0.2) is 0 Å². The van der Waals surface area contributed by atoms with Gasteiger partial charge >= 0.3 is 0 Å². The molecule has 0 radical (unpaired) electrons. The summed E-state index contributed by atoms with van der Waals surface area (Å²) in [6.45, 7) is 10.8. The number of hydrogen-bond acceptors (Lipinski definition) is 3. The number of fused-ring (bicyclic) bond motifs is 1. The van der Waals surface area contributed by atoms with Crippen LogP contribution >= 0.6 is 11.6 Å². The standard InChI is InChI=1S/C17H23ClN4.C7H12/c1-12(20-15-4-3-7-22(2)11-15)19-10-16-9-13-8-14(18)5-6-17(13)21-16;1-2-7-5-3-4-6-7/h5-6,8-9,15,19-21H,1,3-4,7,10-11H2,2H3;2,7H,1,3-6H2. The molecule has 0 bridgehead atoms. The van der Waals surface area contributed by atoms with Crippen molar-refractivity contribution in [2.45, 2.75) is 51.1 Å². The van der Waals surface area contributed by atoms with Crippen molar-refractivity contribution in [3.63, 3.8) is 0 Å². The second-order valence-corrected chi connectivity index (χ2v) is 8.82. The van der Waals surface area contributed by atoms with E-state index < -0.39 is 0 Å². The molecule has 29 heavy (non-hydrogen) atoms. The first-order valence-electron chi connectivity index (χ1n) is 10.8. The molecule has 2 heterocycles. The Labute approximate surface area is 180 Å². The van der Waals surface area contributed by atoms with Crippen LogP contribution in [-0.2, 0) is 6.54 Å². The average molecular weight is 415 g/mol. The summed E-state index contributed by atoms with van der Waals surface area (Å²) in [5.74, 6) is 1.75. The first kappa shape index (κ1) is 21.8. The molecule has 1 aromatic carbocycles. The number of benzene rings is 1. The Kier molecular flexibility index (Phi) is 8.08. The minimum atomic E-state index is 0.486. The van der Waals surface area contributed by atoms with Crippen LogP contribution in [0.1, 0.15) is 44.2 Å². The van der Waals surface area contributed by atoms with Crippen molar-refractivity contribution in [2.75, 3.05) is 20.1 Å². The van der Waals surface area contributed by atoms with Gasteiger partial charge in [-0.1, -0.05) is 37.1 Å². The molecule has 4 rings (SSSR count). The Hall–Kier alpha value is -1.91. The lowest BCUT2D eigenvalue weighted by molar-refractivity contribution is 0.233. The zero-order valence-electron chi connectivity index (χ0n) is 17.6. The van der Waals surface area contributed by atoms with E-state index in [2.05, 4.69) is 52.9 Å². The monoisotopic (exact) mass is 414 g/mol. The quantitative estimate of drug-likeness (QED) is 0.552. The number of nitrogens with zero attached hydrogens (tertiary/aromatic N) is 1. The van der Waals surface area contributed by atoms with Gasteiger partial charge in [0.2, 0.25) is 0 Å². The highest BCUT2D eigenvalue weighted by Gasteiger charge is 2.17. The van der Waals surface area contributed by atoms with Crippen molar-refractivity contribution < 1.29 is 0 Å². The van der Waals surface area contributed by atoms with Crippen LogP contribution in [0.15, 0.2) is 49.3 Å². The molecule has 0 spiro atoms. The summed E-state index contributed by atoms with van der Waals surface area (Å²) in [4.78, 5) is 5.75. The first-order valence-corrected chi connectivity index (χ1v) is 11.2. The normalized spacial score (nSPS) is 20.1. The van der Waals surface area contributed by atoms with Crippen molar-refractivity contribution in [3.8, 4) is 0 Å². The first-order chi connectivity index (χ1) is 14.0. The molecule has 158 valence electrons. The molecule has 1 unspecified atom stereocenters. The molecule has 1 aliphatic heterocycles. The predicted octanol–water partition coefficient (Wildman–Crippen LogP) is 5.43. The number of hydrogen-bond donors (Lipinski definition) is 3. The second-order valence-electron chi connectivity index (χ2n) is 8.38. The van der Waals surface area contributed by atoms with Gasteiger partial charge in [0.1, 0.15) is 0 Å². The highest BCUT2D eigenvalue weighted by Crippen LogP contribution is 2.24. The number of likely N-dealkylation sites (N-methyl/N-ethyl adjacent to an activating group) is 1. The van der Waals surface area contributed by atoms with Crippen LogP contribution in [0.5, 0.6) is 0 Å². The minimum Gasteiger partial charge on any atom is -0.368 e. The van der Waals surface area contributed by atoms with Gasteiger partial charge in [0.25, 0.3) is 0 Å². The Bertz CT molecular complexity index is 806. The van der Waals surface area contributed by atoms with Crippen LogP contribution in [0.3, 0.4) is 0 Å². The fourth-order valence-corrected chi connectivity index (χ4v) is 4.42. The van der Waals surface area contributed by atoms with E-state index in [9.17, 15) is 0 Å². The minimum absolute atomic E-state index is 0.486. The zero-order chi connectivity index (χ0) is 20.6. The summed E-state index contributed by atoms with van der Waals surface area (Å²) in [6.07, 6.45) is 10.2. The molecule has 2 aliphatic rings. The number of piperidine rings is 1. The van der Waals surface area contributed by atoms with Crippen molar-refractivity contribution in [2.24, 2.45) is 5.92 Å². The van der Waals surface area contributed by atoms with Crippen molar-refractivity contribution in [3.05, 3.63) is 60.0 Å². The second kappa shape index (κ2) is 10.7. The fraction of sp³-hybridized carbons (Fsp3) is 0.500. The Morgan fingerprint density at radius 2 is 2.03 bits per heavy atom. The highest BCUT2D eigenvalue weighted by atomic mass is 35.5. The Morgan fingerprint density at radius 3 is 2.72 bits per heavy atom. The Morgan fingerprint density at radius 1 is 1.24 bits per heavy atom. The summed E-state index contributed by atoms with van der Waals surface area (Å²) in [5.41, 5.74) is 2.23. The van der Waals surface area contributed by atoms with E-state index in [0.29, 0.717) is 6.04 Å². The predicted molar refractivity (Wildman–Crippen MR) is 125 cm³/mol. The van der Waals surface area contributed by atoms with Gasteiger partial charge < -0.3 is 20.5 Å². The summed E-state index contributed by atoms with van der Waals surface area (Å²) in [5, 5.41) is 8.73. The highest BCUT2D eigenvalue weighted by molar-refractivity contribution is 6.31. The molecule has 1 saturated carbocycles. The molecule has 2 fully saturated rings. The van der Waals surface area contributed by atoms with Crippen LogP contribution < -0.4 is 10.6 Å². The molecule has 2 aromatic rings. The van der Waals surface area contributed by atoms with E-state index in [1.54, 1.807) is 0 Å². The third-order valence-corrected chi connectivity index (χ3v) is 6.10. The van der Waals surface area contributed by atoms with Gasteiger partial charge in [0.05, 0.1) is 12.4 Å². The van der Waals surface area contributed by atoms with E-state index in [-0.39, 0.29) is 0 Å². The van der Waals surface area contributed by atoms with Crippen LogP contribution in [0.2, 0.25) is 5.02 Å². The number of aromatic nitrogens is 1. The number of allylic oxidation sites excluding steroid dienone is 1. The van der Waals surface area contributed by atoms with Crippen LogP contribution in [0.4, 0.5) is 0 Å². The summed E-state index contributed by atoms with van der Waals surface area (Å²) < 4.78 is 0. The van der Waals surface area contributed by atoms with Gasteiger partial charge in [0, 0.05) is 34.2 Å². The number of aromatic amines is 1. The maximum atomic E-state index is 6.02. The molecule has 1 aromatic heterocycles. The third kappa shape index (κ3) is 6.83. The van der Waals surface area contributed by atoms with Crippen molar-refractivity contribution in [1.82, 2.24) is 20.5 Å². The van der Waals surface area contributed by atoms with E-state index in [1.807, 2.05) is 18.2 Å². The fourth-order valence-electron chi connectivity index (χ4n) is 4.24. The molecule has 0 amide bonds. The molecule has 1 aliphatic carbocycles. The smallest absolute Gasteiger partial charge is 0.0918 e. The van der Waals surface area contributed by atoms with Crippen molar-refractivity contribution in [1.29, 1.82) is 0 Å². The van der Waals surface area contributed by atoms with Gasteiger partial charge in [-0.3, -0.25) is 0 Å². The summed E-state index contributed by atoms with van der Waals surface area (Å²) in [6, 6.07) is 8.49. The summed E-state index contributed by atoms with van der Waals surface area (Å²) in [7, 11) is 2.17. The average Bonchev–Trinajstić information content (AvgIpc) is 3.36. The molecule has 4 nitrogen and oxygen atoms in total. The van der Waals surface area contributed by atoms with Gasteiger partial charge in [-0.2, -0.15) is 0 Å². The molecule has 1 saturated heterocycles. The number of rotatable bonds is 6. The van der Waals surface area contributed by atoms with Gasteiger partial charge in [-0.25, -0.2) is 0 Å². The lowest BCUT2D eigenvalue weighted by Gasteiger charge is -2.31. The lowest BCUT2D eigenvalue weighted by atomic mass is 10.1. The van der Waals surface area contributed by atoms with Gasteiger partial charge in [-0.15, -0.1) is 6.58 Å². The lowest BCUT2D eigenvalue weighted by Crippen LogP contribution is -2.45. The van der Waals surface area contributed by atoms with Crippen LogP contribution in [0, 0.1) is 5.92 Å². The van der Waals surface area contributed by atoms with E-state index >= 15 is 0 Å². The number of nitrogens with one attached hydrogen (secondary N) is 3. The SMILES string of the molecule is C=C(NCc1cc2cc(Cl)ccc2[nH]1)NC1CCCN(C)C1.C=CC1CCCC1. The van der Waals surface area contributed by atoms with Crippen LogP contribution in [-0.4, -0.2) is 36.1 Å². The number of halogens is 1. The summed E-state index contributed by atoms with van der Waals surface area (Å²) >= 11 is 6.02.